The smallest absolute Gasteiger partial charge is 0.122 e. The van der Waals surface area contributed by atoms with Crippen molar-refractivity contribution in [2.24, 2.45) is 11.7 Å². The summed E-state index contributed by atoms with van der Waals surface area (Å²) in [5.74, 6) is 1.89. The Balaban J connectivity index is 2.09. The van der Waals surface area contributed by atoms with Crippen molar-refractivity contribution in [3.63, 3.8) is 0 Å². The van der Waals surface area contributed by atoms with Crippen molar-refractivity contribution >= 4 is 0 Å². The molecule has 1 aromatic carbocycles. The topological polar surface area (TPSA) is 35.2 Å². The van der Waals surface area contributed by atoms with Crippen molar-refractivity contribution in [2.75, 3.05) is 13.7 Å². The summed E-state index contributed by atoms with van der Waals surface area (Å²) in [7, 11) is 1.76. The molecule has 2 nitrogen and oxygen atoms in total. The first-order valence-corrected chi connectivity index (χ1v) is 6.20. The number of methoxy groups -OCH3 is 1. The Bertz CT molecular complexity index is 349. The molecule has 0 heterocycles. The van der Waals surface area contributed by atoms with Crippen LogP contribution in [0.2, 0.25) is 0 Å². The molecular formula is C14H21NO. The average Bonchev–Trinajstić information content (AvgIpc) is 2.35. The highest BCUT2D eigenvalue weighted by atomic mass is 16.5. The second-order valence-corrected chi connectivity index (χ2v) is 4.64. The van der Waals surface area contributed by atoms with Crippen LogP contribution in [0.5, 0.6) is 5.75 Å². The fraction of sp³-hybridized carbons (Fsp3) is 0.571. The van der Waals surface area contributed by atoms with Crippen LogP contribution in [0.4, 0.5) is 0 Å². The van der Waals surface area contributed by atoms with E-state index in [1.807, 2.05) is 0 Å². The van der Waals surface area contributed by atoms with Crippen molar-refractivity contribution in [3.8, 4) is 5.75 Å². The first-order chi connectivity index (χ1) is 7.85. The molecule has 1 aliphatic carbocycles. The molecule has 0 aliphatic heterocycles. The Morgan fingerprint density at radius 3 is 3.06 bits per heavy atom. The van der Waals surface area contributed by atoms with Gasteiger partial charge >= 0.3 is 0 Å². The molecule has 88 valence electrons. The van der Waals surface area contributed by atoms with Gasteiger partial charge in [-0.3, -0.25) is 0 Å². The Morgan fingerprint density at radius 2 is 2.31 bits per heavy atom. The molecule has 0 aromatic heterocycles. The zero-order valence-electron chi connectivity index (χ0n) is 10.0. The lowest BCUT2D eigenvalue weighted by Crippen LogP contribution is -2.16. The molecule has 0 radical (unpaired) electrons. The van der Waals surface area contributed by atoms with Gasteiger partial charge in [0.1, 0.15) is 5.75 Å². The molecule has 2 N–H and O–H groups in total. The SMILES string of the molecule is COc1cccc2c1CC[C@@H](CCCN)C2. The maximum Gasteiger partial charge on any atom is 0.122 e. The van der Waals surface area contributed by atoms with Gasteiger partial charge in [0.25, 0.3) is 0 Å². The first kappa shape index (κ1) is 11.5. The van der Waals surface area contributed by atoms with Gasteiger partial charge in [-0.1, -0.05) is 12.1 Å². The molecule has 0 saturated carbocycles. The summed E-state index contributed by atoms with van der Waals surface area (Å²) < 4.78 is 5.41. The minimum absolute atomic E-state index is 0.821. The largest absolute Gasteiger partial charge is 0.496 e. The van der Waals surface area contributed by atoms with E-state index in [1.165, 1.54) is 30.4 Å². The van der Waals surface area contributed by atoms with Crippen LogP contribution < -0.4 is 10.5 Å². The van der Waals surface area contributed by atoms with Gasteiger partial charge in [-0.2, -0.15) is 0 Å². The predicted molar refractivity (Wildman–Crippen MR) is 66.8 cm³/mol. The average molecular weight is 219 g/mol. The molecule has 0 saturated heterocycles. The monoisotopic (exact) mass is 219 g/mol. The van der Waals surface area contributed by atoms with Crippen molar-refractivity contribution in [1.82, 2.24) is 0 Å². The summed E-state index contributed by atoms with van der Waals surface area (Å²) in [6.07, 6.45) is 6.08. The summed E-state index contributed by atoms with van der Waals surface area (Å²) in [6, 6.07) is 6.41. The number of hydrogen-bond donors (Lipinski definition) is 1. The molecule has 0 fully saturated rings. The molecule has 16 heavy (non-hydrogen) atoms. The Kier molecular flexibility index (Phi) is 3.83. The van der Waals surface area contributed by atoms with Gasteiger partial charge in [0.2, 0.25) is 0 Å². The number of benzene rings is 1. The molecule has 2 heteroatoms. The van der Waals surface area contributed by atoms with Crippen LogP contribution in [0.25, 0.3) is 0 Å². The van der Waals surface area contributed by atoms with Gasteiger partial charge in [-0.15, -0.1) is 0 Å². The highest BCUT2D eigenvalue weighted by molar-refractivity contribution is 5.41. The van der Waals surface area contributed by atoms with E-state index < -0.39 is 0 Å². The standard InChI is InChI=1S/C14H21NO/c1-16-14-6-2-5-12-10-11(4-3-9-15)7-8-13(12)14/h2,5-6,11H,3-4,7-10,15H2,1H3/t11-/m1/s1. The molecule has 2 rings (SSSR count). The van der Waals surface area contributed by atoms with Crippen LogP contribution in [-0.2, 0) is 12.8 Å². The summed E-state index contributed by atoms with van der Waals surface area (Å²) in [5.41, 5.74) is 8.47. The molecule has 0 unspecified atom stereocenters. The maximum atomic E-state index is 5.57. The second-order valence-electron chi connectivity index (χ2n) is 4.64. The Morgan fingerprint density at radius 1 is 1.44 bits per heavy atom. The summed E-state index contributed by atoms with van der Waals surface area (Å²) >= 11 is 0. The third kappa shape index (κ3) is 2.38. The van der Waals surface area contributed by atoms with E-state index >= 15 is 0 Å². The molecule has 0 amide bonds. The molecule has 1 aliphatic rings. The van der Waals surface area contributed by atoms with Gasteiger partial charge in [0, 0.05) is 0 Å². The molecule has 0 bridgehead atoms. The summed E-state index contributed by atoms with van der Waals surface area (Å²) in [4.78, 5) is 0. The van der Waals surface area contributed by atoms with Crippen LogP contribution in [0.15, 0.2) is 18.2 Å². The number of ether oxygens (including phenoxy) is 1. The van der Waals surface area contributed by atoms with E-state index in [0.717, 1.165) is 31.1 Å². The first-order valence-electron chi connectivity index (χ1n) is 6.20. The lowest BCUT2D eigenvalue weighted by Gasteiger charge is -2.25. The minimum atomic E-state index is 0.821. The number of fused-ring (bicyclic) bond motifs is 1. The molecular weight excluding hydrogens is 198 g/mol. The molecule has 1 atom stereocenters. The van der Waals surface area contributed by atoms with E-state index in [2.05, 4.69) is 18.2 Å². The fourth-order valence-electron chi connectivity index (χ4n) is 2.69. The summed E-state index contributed by atoms with van der Waals surface area (Å²) in [6.45, 7) is 0.821. The van der Waals surface area contributed by atoms with Crippen molar-refractivity contribution in [2.45, 2.75) is 32.1 Å². The lowest BCUT2D eigenvalue weighted by atomic mass is 9.81. The van der Waals surface area contributed by atoms with Crippen molar-refractivity contribution < 1.29 is 4.74 Å². The van der Waals surface area contributed by atoms with Crippen LogP contribution in [-0.4, -0.2) is 13.7 Å². The fourth-order valence-corrected chi connectivity index (χ4v) is 2.69. The van der Waals surface area contributed by atoms with Gasteiger partial charge in [0.15, 0.2) is 0 Å². The van der Waals surface area contributed by atoms with Gasteiger partial charge < -0.3 is 10.5 Å². The molecule has 0 spiro atoms. The highest BCUT2D eigenvalue weighted by Crippen LogP contribution is 2.33. The molecule has 1 aromatic rings. The minimum Gasteiger partial charge on any atom is -0.496 e. The van der Waals surface area contributed by atoms with Gasteiger partial charge in [-0.05, 0) is 61.8 Å². The van der Waals surface area contributed by atoms with Crippen molar-refractivity contribution in [1.29, 1.82) is 0 Å². The van der Waals surface area contributed by atoms with Gasteiger partial charge in [0.05, 0.1) is 7.11 Å². The van der Waals surface area contributed by atoms with Gasteiger partial charge in [-0.25, -0.2) is 0 Å². The van der Waals surface area contributed by atoms with Crippen LogP contribution in [0.3, 0.4) is 0 Å². The normalized spacial score (nSPS) is 19.2. The number of hydrogen-bond acceptors (Lipinski definition) is 2. The van der Waals surface area contributed by atoms with Crippen LogP contribution in [0.1, 0.15) is 30.4 Å². The van der Waals surface area contributed by atoms with E-state index in [0.29, 0.717) is 0 Å². The summed E-state index contributed by atoms with van der Waals surface area (Å²) in [5, 5.41) is 0. The Labute approximate surface area is 97.8 Å². The van der Waals surface area contributed by atoms with E-state index in [1.54, 1.807) is 7.11 Å². The lowest BCUT2D eigenvalue weighted by molar-refractivity contribution is 0.384. The third-order valence-electron chi connectivity index (χ3n) is 3.58. The van der Waals surface area contributed by atoms with Crippen LogP contribution >= 0.6 is 0 Å². The van der Waals surface area contributed by atoms with E-state index in [9.17, 15) is 0 Å². The number of nitrogens with two attached hydrogens (primary N) is 1. The maximum absolute atomic E-state index is 5.57. The predicted octanol–water partition coefficient (Wildman–Crippen LogP) is 2.54. The highest BCUT2D eigenvalue weighted by Gasteiger charge is 2.20. The quantitative estimate of drug-likeness (QED) is 0.844. The zero-order chi connectivity index (χ0) is 11.4. The third-order valence-corrected chi connectivity index (χ3v) is 3.58. The Hall–Kier alpha value is -1.02. The zero-order valence-corrected chi connectivity index (χ0v) is 10.0. The van der Waals surface area contributed by atoms with E-state index in [-0.39, 0.29) is 0 Å². The second kappa shape index (κ2) is 5.35. The van der Waals surface area contributed by atoms with Crippen molar-refractivity contribution in [3.05, 3.63) is 29.3 Å². The number of rotatable bonds is 4. The van der Waals surface area contributed by atoms with E-state index in [4.69, 9.17) is 10.5 Å². The van der Waals surface area contributed by atoms with Crippen LogP contribution in [0, 0.1) is 5.92 Å².